The number of hydrogen-bond donors (Lipinski definition) is 1. The van der Waals surface area contributed by atoms with Crippen molar-refractivity contribution in [1.82, 2.24) is 10.5 Å². The van der Waals surface area contributed by atoms with E-state index < -0.39 is 0 Å². The van der Waals surface area contributed by atoms with Crippen LogP contribution < -0.4 is 10.1 Å². The highest BCUT2D eigenvalue weighted by Crippen LogP contribution is 2.31. The van der Waals surface area contributed by atoms with Crippen molar-refractivity contribution in [2.24, 2.45) is 5.92 Å². The summed E-state index contributed by atoms with van der Waals surface area (Å²) < 4.78 is 10.8. The SMILES string of the molecule is CC(C)CNCc1cc(COc2cccc(Cl)c2Cl)on1. The Morgan fingerprint density at radius 2 is 2.14 bits per heavy atom. The molecule has 0 atom stereocenters. The summed E-state index contributed by atoms with van der Waals surface area (Å²) in [4.78, 5) is 0. The Morgan fingerprint density at radius 1 is 1.33 bits per heavy atom. The first-order chi connectivity index (χ1) is 10.1. The molecule has 0 unspecified atom stereocenters. The first-order valence-corrected chi connectivity index (χ1v) is 7.54. The smallest absolute Gasteiger partial charge is 0.174 e. The third kappa shape index (κ3) is 4.92. The number of hydrogen-bond acceptors (Lipinski definition) is 4. The molecule has 1 aromatic carbocycles. The van der Waals surface area contributed by atoms with Gasteiger partial charge >= 0.3 is 0 Å². The zero-order valence-corrected chi connectivity index (χ0v) is 13.5. The van der Waals surface area contributed by atoms with Crippen molar-refractivity contribution in [3.63, 3.8) is 0 Å². The summed E-state index contributed by atoms with van der Waals surface area (Å²) in [5, 5.41) is 8.16. The Balaban J connectivity index is 1.86. The van der Waals surface area contributed by atoms with Gasteiger partial charge < -0.3 is 14.6 Å². The van der Waals surface area contributed by atoms with E-state index >= 15 is 0 Å². The molecule has 2 aromatic rings. The second-order valence-corrected chi connectivity index (χ2v) is 5.94. The lowest BCUT2D eigenvalue weighted by Crippen LogP contribution is -2.19. The van der Waals surface area contributed by atoms with Crippen LogP contribution in [0.25, 0.3) is 0 Å². The predicted octanol–water partition coefficient (Wildman–Crippen LogP) is 4.31. The highest BCUT2D eigenvalue weighted by molar-refractivity contribution is 6.42. The van der Waals surface area contributed by atoms with Crippen molar-refractivity contribution in [3.8, 4) is 5.75 Å². The van der Waals surface area contributed by atoms with Crippen LogP contribution in [0.4, 0.5) is 0 Å². The van der Waals surface area contributed by atoms with Gasteiger partial charge in [0.1, 0.15) is 17.4 Å². The van der Waals surface area contributed by atoms with Gasteiger partial charge in [-0.25, -0.2) is 0 Å². The van der Waals surface area contributed by atoms with Crippen LogP contribution in [0.2, 0.25) is 10.0 Å². The number of nitrogens with zero attached hydrogens (tertiary/aromatic N) is 1. The molecule has 114 valence electrons. The van der Waals surface area contributed by atoms with E-state index in [1.165, 1.54) is 0 Å². The minimum absolute atomic E-state index is 0.261. The summed E-state index contributed by atoms with van der Waals surface area (Å²) in [6.07, 6.45) is 0. The molecule has 0 fully saturated rings. The molecule has 0 aliphatic carbocycles. The highest BCUT2D eigenvalue weighted by atomic mass is 35.5. The number of halogens is 2. The molecule has 1 N–H and O–H groups in total. The van der Waals surface area contributed by atoms with Gasteiger partial charge in [0.05, 0.1) is 10.7 Å². The van der Waals surface area contributed by atoms with E-state index in [0.717, 1.165) is 12.2 Å². The van der Waals surface area contributed by atoms with Crippen molar-refractivity contribution in [2.45, 2.75) is 27.0 Å². The molecule has 2 rings (SSSR count). The van der Waals surface area contributed by atoms with E-state index in [1.807, 2.05) is 6.07 Å². The average molecular weight is 329 g/mol. The molecule has 0 amide bonds. The zero-order valence-electron chi connectivity index (χ0n) is 12.0. The van der Waals surface area contributed by atoms with Crippen molar-refractivity contribution in [1.29, 1.82) is 0 Å². The van der Waals surface area contributed by atoms with Gasteiger partial charge in [-0.2, -0.15) is 0 Å². The molecule has 6 heteroatoms. The molecule has 0 saturated heterocycles. The number of nitrogens with one attached hydrogen (secondary N) is 1. The number of aromatic nitrogens is 1. The molecule has 1 aromatic heterocycles. The van der Waals surface area contributed by atoms with E-state index in [-0.39, 0.29) is 6.61 Å². The topological polar surface area (TPSA) is 47.3 Å². The van der Waals surface area contributed by atoms with E-state index in [9.17, 15) is 0 Å². The molecule has 0 bridgehead atoms. The molecule has 1 heterocycles. The minimum Gasteiger partial charge on any atom is -0.484 e. The first-order valence-electron chi connectivity index (χ1n) is 6.78. The van der Waals surface area contributed by atoms with Crippen LogP contribution in [0.5, 0.6) is 5.75 Å². The third-order valence-electron chi connectivity index (χ3n) is 2.75. The fraction of sp³-hybridized carbons (Fsp3) is 0.400. The summed E-state index contributed by atoms with van der Waals surface area (Å²) in [6.45, 7) is 6.20. The normalized spacial score (nSPS) is 11.1. The average Bonchev–Trinajstić information content (AvgIpc) is 2.88. The van der Waals surface area contributed by atoms with E-state index in [0.29, 0.717) is 34.0 Å². The Bertz CT molecular complexity index is 585. The molecule has 0 aliphatic rings. The van der Waals surface area contributed by atoms with Gasteiger partial charge in [-0.15, -0.1) is 0 Å². The number of rotatable bonds is 7. The zero-order chi connectivity index (χ0) is 15.2. The Labute approximate surface area is 134 Å². The molecule has 21 heavy (non-hydrogen) atoms. The van der Waals surface area contributed by atoms with Crippen molar-refractivity contribution in [3.05, 3.63) is 45.8 Å². The summed E-state index contributed by atoms with van der Waals surface area (Å²) in [5.41, 5.74) is 0.853. The van der Waals surface area contributed by atoms with Crippen LogP contribution in [-0.4, -0.2) is 11.7 Å². The lowest BCUT2D eigenvalue weighted by Gasteiger charge is -2.06. The van der Waals surface area contributed by atoms with Crippen LogP contribution in [-0.2, 0) is 13.2 Å². The summed E-state index contributed by atoms with van der Waals surface area (Å²) >= 11 is 12.0. The van der Waals surface area contributed by atoms with Crippen LogP contribution in [0.3, 0.4) is 0 Å². The van der Waals surface area contributed by atoms with Gasteiger partial charge in [0.25, 0.3) is 0 Å². The predicted molar refractivity (Wildman–Crippen MR) is 83.8 cm³/mol. The molecular weight excluding hydrogens is 311 g/mol. The van der Waals surface area contributed by atoms with Crippen LogP contribution in [0.15, 0.2) is 28.8 Å². The van der Waals surface area contributed by atoms with Gasteiger partial charge in [-0.1, -0.05) is 48.3 Å². The Morgan fingerprint density at radius 3 is 2.90 bits per heavy atom. The fourth-order valence-corrected chi connectivity index (χ4v) is 2.09. The largest absolute Gasteiger partial charge is 0.484 e. The molecule has 0 spiro atoms. The monoisotopic (exact) mass is 328 g/mol. The summed E-state index contributed by atoms with van der Waals surface area (Å²) in [5.74, 6) is 1.78. The maximum Gasteiger partial charge on any atom is 0.174 e. The maximum atomic E-state index is 6.05. The van der Waals surface area contributed by atoms with Gasteiger partial charge in [0.2, 0.25) is 0 Å². The number of benzene rings is 1. The van der Waals surface area contributed by atoms with Gasteiger partial charge in [0.15, 0.2) is 5.76 Å². The molecule has 0 radical (unpaired) electrons. The Kier molecular flexibility index (Phi) is 5.91. The Hall–Kier alpha value is -1.23. The van der Waals surface area contributed by atoms with Gasteiger partial charge in [-0.05, 0) is 24.6 Å². The summed E-state index contributed by atoms with van der Waals surface area (Å²) in [7, 11) is 0. The lowest BCUT2D eigenvalue weighted by atomic mass is 10.2. The minimum atomic E-state index is 0.261. The van der Waals surface area contributed by atoms with Gasteiger partial charge in [0, 0.05) is 12.6 Å². The molecule has 0 saturated carbocycles. The van der Waals surface area contributed by atoms with Crippen LogP contribution in [0, 0.1) is 5.92 Å². The standard InChI is InChI=1S/C15H18Cl2N2O2/c1-10(2)7-18-8-11-6-12(21-19-11)9-20-14-5-3-4-13(16)15(14)17/h3-6,10,18H,7-9H2,1-2H3. The van der Waals surface area contributed by atoms with E-state index in [2.05, 4.69) is 24.3 Å². The highest BCUT2D eigenvalue weighted by Gasteiger charge is 2.08. The van der Waals surface area contributed by atoms with Gasteiger partial charge in [-0.3, -0.25) is 0 Å². The molecular formula is C15H18Cl2N2O2. The van der Waals surface area contributed by atoms with Crippen molar-refractivity contribution >= 4 is 23.2 Å². The summed E-state index contributed by atoms with van der Waals surface area (Å²) in [6, 6.07) is 7.12. The van der Waals surface area contributed by atoms with Crippen molar-refractivity contribution < 1.29 is 9.26 Å². The van der Waals surface area contributed by atoms with Crippen LogP contribution >= 0.6 is 23.2 Å². The first kappa shape index (κ1) is 16.1. The maximum absolute atomic E-state index is 6.05. The number of ether oxygens (including phenoxy) is 1. The van der Waals surface area contributed by atoms with E-state index in [4.69, 9.17) is 32.5 Å². The lowest BCUT2D eigenvalue weighted by molar-refractivity contribution is 0.248. The van der Waals surface area contributed by atoms with Crippen molar-refractivity contribution in [2.75, 3.05) is 6.54 Å². The quantitative estimate of drug-likeness (QED) is 0.822. The second-order valence-electron chi connectivity index (χ2n) is 5.15. The third-order valence-corrected chi connectivity index (χ3v) is 3.55. The second kappa shape index (κ2) is 7.69. The van der Waals surface area contributed by atoms with Crippen LogP contribution in [0.1, 0.15) is 25.3 Å². The fourth-order valence-electron chi connectivity index (χ4n) is 1.74. The molecule has 0 aliphatic heterocycles. The molecule has 4 nitrogen and oxygen atoms in total. The van der Waals surface area contributed by atoms with E-state index in [1.54, 1.807) is 18.2 Å².